The minimum atomic E-state index is -0.481. The molecule has 2 aliphatic rings. The number of carbonyl (C=O) groups excluding carboxylic acids is 4. The molecule has 0 amide bonds. The summed E-state index contributed by atoms with van der Waals surface area (Å²) in [6, 6.07) is 0. The lowest BCUT2D eigenvalue weighted by molar-refractivity contribution is -0.259. The maximum Gasteiger partial charge on any atom is 0.355 e. The third-order valence-corrected chi connectivity index (χ3v) is 7.97. The second-order valence-electron chi connectivity index (χ2n) is 11.3. The van der Waals surface area contributed by atoms with Crippen LogP contribution < -0.4 is 0 Å². The summed E-state index contributed by atoms with van der Waals surface area (Å²) in [4.78, 5) is 55.1. The predicted octanol–water partition coefficient (Wildman–Crippen LogP) is 6.91. The number of carbonyl (C=O) groups is 4. The molecule has 2 saturated carbocycles. The molecule has 2 aliphatic carbocycles. The third-order valence-electron chi connectivity index (χ3n) is 7.97. The lowest BCUT2D eigenvalue weighted by Crippen LogP contribution is -2.23. The van der Waals surface area contributed by atoms with Crippen LogP contribution in [0.25, 0.3) is 0 Å². The Morgan fingerprint density at radius 2 is 0.842 bits per heavy atom. The lowest BCUT2D eigenvalue weighted by Gasteiger charge is -2.28. The first kappa shape index (κ1) is 32.1. The highest BCUT2D eigenvalue weighted by molar-refractivity contribution is 5.72. The average molecular weight is 539 g/mol. The van der Waals surface area contributed by atoms with Crippen molar-refractivity contribution < 1.29 is 38.4 Å². The van der Waals surface area contributed by atoms with Gasteiger partial charge in [0.05, 0.1) is 12.8 Å². The second kappa shape index (κ2) is 19.0. The first-order valence-electron chi connectivity index (χ1n) is 15.1. The fourth-order valence-corrected chi connectivity index (χ4v) is 5.83. The number of rotatable bonds is 16. The van der Waals surface area contributed by atoms with Crippen LogP contribution in [0.4, 0.5) is 0 Å². The minimum Gasteiger partial charge on any atom is -0.463 e. The maximum absolute atomic E-state index is 11.8. The van der Waals surface area contributed by atoms with Gasteiger partial charge in [0.25, 0.3) is 0 Å². The zero-order valence-corrected chi connectivity index (χ0v) is 23.7. The molecule has 0 aromatic heterocycles. The van der Waals surface area contributed by atoms with Crippen LogP contribution in [0, 0.1) is 11.8 Å². The van der Waals surface area contributed by atoms with E-state index in [0.717, 1.165) is 103 Å². The van der Waals surface area contributed by atoms with Crippen molar-refractivity contribution in [2.75, 3.05) is 0 Å². The highest BCUT2D eigenvalue weighted by Crippen LogP contribution is 2.31. The fourth-order valence-electron chi connectivity index (χ4n) is 5.83. The van der Waals surface area contributed by atoms with Gasteiger partial charge in [-0.15, -0.1) is 0 Å². The largest absolute Gasteiger partial charge is 0.463 e. The molecule has 0 aromatic carbocycles. The van der Waals surface area contributed by atoms with Crippen LogP contribution >= 0.6 is 0 Å². The van der Waals surface area contributed by atoms with Crippen LogP contribution in [-0.2, 0) is 38.4 Å². The molecule has 38 heavy (non-hydrogen) atoms. The molecule has 0 saturated heterocycles. The van der Waals surface area contributed by atoms with E-state index in [1.165, 1.54) is 26.7 Å². The van der Waals surface area contributed by atoms with Crippen molar-refractivity contribution in [3.05, 3.63) is 0 Å². The van der Waals surface area contributed by atoms with Crippen molar-refractivity contribution in [2.24, 2.45) is 11.8 Å². The normalized spacial score (nSPS) is 23.3. The van der Waals surface area contributed by atoms with Crippen LogP contribution in [0.15, 0.2) is 0 Å². The molecule has 0 aliphatic heterocycles. The Labute approximate surface area is 228 Å². The molecule has 8 nitrogen and oxygen atoms in total. The minimum absolute atomic E-state index is 0.103. The summed E-state index contributed by atoms with van der Waals surface area (Å²) in [5.74, 6) is 0.0998. The number of hydrogen-bond donors (Lipinski definition) is 0. The molecule has 0 unspecified atom stereocenters. The van der Waals surface area contributed by atoms with Gasteiger partial charge in [0.15, 0.2) is 0 Å². The molecule has 0 aromatic rings. The Balaban J connectivity index is 1.34. The molecule has 0 heterocycles. The lowest BCUT2D eigenvalue weighted by atomic mass is 9.84. The number of ether oxygens (including phenoxy) is 2. The van der Waals surface area contributed by atoms with Crippen LogP contribution in [0.2, 0.25) is 0 Å². The summed E-state index contributed by atoms with van der Waals surface area (Å²) in [5, 5.41) is 0. The van der Waals surface area contributed by atoms with Crippen molar-refractivity contribution in [1.29, 1.82) is 0 Å². The van der Waals surface area contributed by atoms with Gasteiger partial charge in [-0.2, -0.15) is 0 Å². The molecular weight excluding hydrogens is 488 g/mol. The van der Waals surface area contributed by atoms with E-state index in [2.05, 4.69) is 9.78 Å². The molecule has 8 heteroatoms. The van der Waals surface area contributed by atoms with E-state index in [-0.39, 0.29) is 37.0 Å². The highest BCUT2D eigenvalue weighted by Gasteiger charge is 2.23. The Bertz CT molecular complexity index is 645. The smallest absolute Gasteiger partial charge is 0.355 e. The molecule has 2 rings (SSSR count). The zero-order chi connectivity index (χ0) is 27.6. The van der Waals surface area contributed by atoms with Crippen LogP contribution in [0.1, 0.15) is 142 Å². The van der Waals surface area contributed by atoms with Crippen molar-refractivity contribution in [3.63, 3.8) is 0 Å². The summed E-state index contributed by atoms with van der Waals surface area (Å²) < 4.78 is 10.6. The molecule has 0 bridgehead atoms. The van der Waals surface area contributed by atoms with Crippen LogP contribution in [-0.4, -0.2) is 36.1 Å². The topological polar surface area (TPSA) is 105 Å². The van der Waals surface area contributed by atoms with Gasteiger partial charge in [-0.25, -0.2) is 19.4 Å². The highest BCUT2D eigenvalue weighted by atomic mass is 17.2. The Hall–Kier alpha value is -2.12. The Kier molecular flexibility index (Phi) is 16.1. The van der Waals surface area contributed by atoms with Gasteiger partial charge in [0.1, 0.15) is 12.2 Å². The summed E-state index contributed by atoms with van der Waals surface area (Å²) >= 11 is 0. The van der Waals surface area contributed by atoms with Gasteiger partial charge in [0.2, 0.25) is 0 Å². The summed E-state index contributed by atoms with van der Waals surface area (Å²) in [6.07, 6.45) is 19.3. The van der Waals surface area contributed by atoms with E-state index < -0.39 is 11.9 Å². The third kappa shape index (κ3) is 15.3. The average Bonchev–Trinajstić information content (AvgIpc) is 2.88. The SMILES string of the molecule is CC(=O)O[C@H]1CC[C@@H](CCCCCCC(=O)OOC(=O)CCCCCC[C@H]2CC[C@@H](OC(C)=O)CC2)CC1. The molecule has 218 valence electrons. The summed E-state index contributed by atoms with van der Waals surface area (Å²) in [7, 11) is 0. The van der Waals surface area contributed by atoms with E-state index in [1.807, 2.05) is 0 Å². The fraction of sp³-hybridized carbons (Fsp3) is 0.867. The van der Waals surface area contributed by atoms with Gasteiger partial charge in [-0.1, -0.05) is 51.4 Å². The van der Waals surface area contributed by atoms with Gasteiger partial charge in [0, 0.05) is 13.8 Å². The van der Waals surface area contributed by atoms with Gasteiger partial charge in [-0.3, -0.25) is 9.59 Å². The number of esters is 2. The van der Waals surface area contributed by atoms with Gasteiger partial charge in [-0.05, 0) is 76.0 Å². The maximum atomic E-state index is 11.8. The van der Waals surface area contributed by atoms with E-state index in [4.69, 9.17) is 9.47 Å². The summed E-state index contributed by atoms with van der Waals surface area (Å²) in [6.45, 7) is 2.94. The molecule has 0 N–H and O–H groups in total. The molecular formula is C30H50O8. The van der Waals surface area contributed by atoms with Crippen LogP contribution in [0.3, 0.4) is 0 Å². The van der Waals surface area contributed by atoms with E-state index >= 15 is 0 Å². The number of hydrogen-bond acceptors (Lipinski definition) is 8. The molecule has 2 fully saturated rings. The van der Waals surface area contributed by atoms with Crippen molar-refractivity contribution in [3.8, 4) is 0 Å². The van der Waals surface area contributed by atoms with Crippen molar-refractivity contribution >= 4 is 23.9 Å². The first-order valence-corrected chi connectivity index (χ1v) is 15.1. The number of unbranched alkanes of at least 4 members (excludes halogenated alkanes) is 6. The van der Waals surface area contributed by atoms with E-state index in [1.54, 1.807) is 0 Å². The van der Waals surface area contributed by atoms with E-state index in [9.17, 15) is 19.2 Å². The monoisotopic (exact) mass is 538 g/mol. The van der Waals surface area contributed by atoms with Crippen molar-refractivity contribution in [1.82, 2.24) is 0 Å². The summed E-state index contributed by atoms with van der Waals surface area (Å²) in [5.41, 5.74) is 0. The molecule has 0 radical (unpaired) electrons. The van der Waals surface area contributed by atoms with Crippen LogP contribution in [0.5, 0.6) is 0 Å². The zero-order valence-electron chi connectivity index (χ0n) is 23.7. The molecule has 0 spiro atoms. The quantitative estimate of drug-likeness (QED) is 0.0903. The van der Waals surface area contributed by atoms with Crippen molar-refractivity contribution in [2.45, 2.75) is 154 Å². The second-order valence-corrected chi connectivity index (χ2v) is 11.3. The molecule has 0 atom stereocenters. The van der Waals surface area contributed by atoms with Gasteiger partial charge >= 0.3 is 23.9 Å². The first-order chi connectivity index (χ1) is 18.3. The Morgan fingerprint density at radius 1 is 0.500 bits per heavy atom. The van der Waals surface area contributed by atoms with Gasteiger partial charge < -0.3 is 9.47 Å². The predicted molar refractivity (Wildman–Crippen MR) is 143 cm³/mol. The Morgan fingerprint density at radius 3 is 1.18 bits per heavy atom. The van der Waals surface area contributed by atoms with E-state index in [0.29, 0.717) is 11.8 Å². The standard InChI is InChI=1S/C30H50O8/c1-23(31)35-27-19-15-25(16-20-27)11-7-3-5-9-13-29(33)37-38-30(34)14-10-6-4-8-12-26-17-21-28(22-18-26)36-24(2)32/h25-28H,3-22H2,1-2H3/t25-,26-,27+,28+.